The van der Waals surface area contributed by atoms with Gasteiger partial charge in [0.1, 0.15) is 0 Å². The lowest BCUT2D eigenvalue weighted by Crippen LogP contribution is -2.55. The average molecular weight is 239 g/mol. The zero-order chi connectivity index (χ0) is 12.3. The maximum Gasteiger partial charge on any atom is 0.401 e. The SMILES string of the molecule is CC(N)C(C)N1CCN(CC(F)(F)F)CC1. The molecule has 0 spiro atoms. The van der Waals surface area contributed by atoms with Gasteiger partial charge in [-0.3, -0.25) is 9.80 Å². The summed E-state index contributed by atoms with van der Waals surface area (Å²) >= 11 is 0. The first-order chi connectivity index (χ1) is 7.29. The van der Waals surface area contributed by atoms with Gasteiger partial charge in [0.15, 0.2) is 0 Å². The highest BCUT2D eigenvalue weighted by atomic mass is 19.4. The minimum Gasteiger partial charge on any atom is -0.327 e. The molecule has 0 bridgehead atoms. The van der Waals surface area contributed by atoms with Crippen LogP contribution >= 0.6 is 0 Å². The molecule has 1 aliphatic rings. The second-order valence-corrected chi connectivity index (χ2v) is 4.53. The zero-order valence-corrected chi connectivity index (χ0v) is 9.80. The molecule has 0 saturated carbocycles. The quantitative estimate of drug-likeness (QED) is 0.794. The van der Waals surface area contributed by atoms with Crippen LogP contribution in [0.4, 0.5) is 13.2 Å². The molecule has 2 N–H and O–H groups in total. The average Bonchev–Trinajstić information content (AvgIpc) is 2.15. The third-order valence-corrected chi connectivity index (χ3v) is 3.15. The largest absolute Gasteiger partial charge is 0.401 e. The van der Waals surface area contributed by atoms with Gasteiger partial charge in [-0.25, -0.2) is 0 Å². The Morgan fingerprint density at radius 3 is 2.00 bits per heavy atom. The van der Waals surface area contributed by atoms with Crippen molar-refractivity contribution in [3.63, 3.8) is 0 Å². The summed E-state index contributed by atoms with van der Waals surface area (Å²) < 4.78 is 36.4. The van der Waals surface area contributed by atoms with Gasteiger partial charge in [-0.2, -0.15) is 13.2 Å². The molecule has 1 aliphatic heterocycles. The Bertz CT molecular complexity index is 210. The maximum absolute atomic E-state index is 12.1. The number of piperazine rings is 1. The molecule has 6 heteroatoms. The molecule has 1 rings (SSSR count). The van der Waals surface area contributed by atoms with Crippen molar-refractivity contribution in [3.05, 3.63) is 0 Å². The van der Waals surface area contributed by atoms with Crippen molar-refractivity contribution < 1.29 is 13.2 Å². The van der Waals surface area contributed by atoms with Gasteiger partial charge >= 0.3 is 6.18 Å². The highest BCUT2D eigenvalue weighted by molar-refractivity contribution is 4.81. The summed E-state index contributed by atoms with van der Waals surface area (Å²) in [5.74, 6) is 0. The van der Waals surface area contributed by atoms with Gasteiger partial charge in [-0.1, -0.05) is 0 Å². The Balaban J connectivity index is 2.34. The van der Waals surface area contributed by atoms with Crippen LogP contribution in [0.5, 0.6) is 0 Å². The van der Waals surface area contributed by atoms with Crippen LogP contribution in [-0.2, 0) is 0 Å². The van der Waals surface area contributed by atoms with E-state index in [2.05, 4.69) is 4.90 Å². The number of alkyl halides is 3. The lowest BCUT2D eigenvalue weighted by atomic mass is 10.1. The fourth-order valence-electron chi connectivity index (χ4n) is 1.91. The van der Waals surface area contributed by atoms with E-state index in [1.807, 2.05) is 13.8 Å². The highest BCUT2D eigenvalue weighted by Crippen LogP contribution is 2.18. The topological polar surface area (TPSA) is 32.5 Å². The van der Waals surface area contributed by atoms with Crippen LogP contribution in [0.1, 0.15) is 13.8 Å². The van der Waals surface area contributed by atoms with Crippen molar-refractivity contribution in [1.29, 1.82) is 0 Å². The molecule has 0 aliphatic carbocycles. The van der Waals surface area contributed by atoms with Crippen LogP contribution in [0.25, 0.3) is 0 Å². The number of hydrogen-bond acceptors (Lipinski definition) is 3. The zero-order valence-electron chi connectivity index (χ0n) is 9.80. The van der Waals surface area contributed by atoms with Crippen LogP contribution in [0, 0.1) is 0 Å². The molecule has 3 nitrogen and oxygen atoms in total. The molecule has 0 aromatic heterocycles. The Kier molecular flexibility index (Phi) is 4.58. The van der Waals surface area contributed by atoms with E-state index in [1.165, 1.54) is 4.90 Å². The third-order valence-electron chi connectivity index (χ3n) is 3.15. The van der Waals surface area contributed by atoms with Crippen molar-refractivity contribution in [2.45, 2.75) is 32.1 Å². The summed E-state index contributed by atoms with van der Waals surface area (Å²) in [6.45, 7) is 5.41. The predicted octanol–water partition coefficient (Wildman–Crippen LogP) is 0.902. The fraction of sp³-hybridized carbons (Fsp3) is 1.00. The maximum atomic E-state index is 12.1. The van der Waals surface area contributed by atoms with Crippen molar-refractivity contribution >= 4 is 0 Å². The number of halogens is 3. The number of rotatable bonds is 3. The summed E-state index contributed by atoms with van der Waals surface area (Å²) in [4.78, 5) is 3.60. The molecule has 0 amide bonds. The minimum atomic E-state index is -4.09. The Morgan fingerprint density at radius 2 is 1.62 bits per heavy atom. The summed E-state index contributed by atoms with van der Waals surface area (Å²) in [5, 5.41) is 0. The molecular formula is C10H20F3N3. The molecular weight excluding hydrogens is 219 g/mol. The van der Waals surface area contributed by atoms with E-state index >= 15 is 0 Å². The molecule has 96 valence electrons. The molecule has 1 saturated heterocycles. The van der Waals surface area contributed by atoms with Crippen LogP contribution in [0.2, 0.25) is 0 Å². The van der Waals surface area contributed by atoms with Crippen molar-refractivity contribution in [1.82, 2.24) is 9.80 Å². The van der Waals surface area contributed by atoms with Crippen molar-refractivity contribution in [2.75, 3.05) is 32.7 Å². The van der Waals surface area contributed by atoms with E-state index in [0.29, 0.717) is 26.2 Å². The monoisotopic (exact) mass is 239 g/mol. The molecule has 0 aromatic rings. The van der Waals surface area contributed by atoms with E-state index in [1.54, 1.807) is 0 Å². The summed E-state index contributed by atoms with van der Waals surface area (Å²) in [6.07, 6.45) is -4.09. The molecule has 0 aromatic carbocycles. The van der Waals surface area contributed by atoms with Crippen LogP contribution in [-0.4, -0.2) is 60.8 Å². The Morgan fingerprint density at radius 1 is 1.12 bits per heavy atom. The van der Waals surface area contributed by atoms with Crippen LogP contribution in [0.15, 0.2) is 0 Å². The van der Waals surface area contributed by atoms with Crippen LogP contribution in [0.3, 0.4) is 0 Å². The minimum absolute atomic E-state index is 0.0502. The smallest absolute Gasteiger partial charge is 0.327 e. The van der Waals surface area contributed by atoms with Gasteiger partial charge in [0.05, 0.1) is 6.54 Å². The van der Waals surface area contributed by atoms with Gasteiger partial charge in [0, 0.05) is 38.3 Å². The lowest BCUT2D eigenvalue weighted by Gasteiger charge is -2.39. The van der Waals surface area contributed by atoms with Crippen LogP contribution < -0.4 is 5.73 Å². The first kappa shape index (κ1) is 13.7. The van der Waals surface area contributed by atoms with E-state index < -0.39 is 12.7 Å². The second-order valence-electron chi connectivity index (χ2n) is 4.53. The Labute approximate surface area is 94.4 Å². The first-order valence-corrected chi connectivity index (χ1v) is 5.58. The molecule has 2 unspecified atom stereocenters. The molecule has 16 heavy (non-hydrogen) atoms. The lowest BCUT2D eigenvalue weighted by molar-refractivity contribution is -0.149. The Hall–Kier alpha value is -0.330. The van der Waals surface area contributed by atoms with Crippen molar-refractivity contribution in [3.8, 4) is 0 Å². The third kappa shape index (κ3) is 4.27. The summed E-state index contributed by atoms with van der Waals surface area (Å²) in [7, 11) is 0. The van der Waals surface area contributed by atoms with Gasteiger partial charge in [-0.15, -0.1) is 0 Å². The van der Waals surface area contributed by atoms with E-state index in [0.717, 1.165) is 0 Å². The highest BCUT2D eigenvalue weighted by Gasteiger charge is 2.32. The van der Waals surface area contributed by atoms with Gasteiger partial charge in [0.2, 0.25) is 0 Å². The number of nitrogens with zero attached hydrogens (tertiary/aromatic N) is 2. The van der Waals surface area contributed by atoms with Gasteiger partial charge in [-0.05, 0) is 13.8 Å². The van der Waals surface area contributed by atoms with E-state index in [4.69, 9.17) is 5.73 Å². The molecule has 1 heterocycles. The number of nitrogens with two attached hydrogens (primary N) is 1. The molecule has 2 atom stereocenters. The predicted molar refractivity (Wildman–Crippen MR) is 57.2 cm³/mol. The van der Waals surface area contributed by atoms with Crippen molar-refractivity contribution in [2.24, 2.45) is 5.73 Å². The van der Waals surface area contributed by atoms with Gasteiger partial charge in [0.25, 0.3) is 0 Å². The van der Waals surface area contributed by atoms with E-state index in [-0.39, 0.29) is 12.1 Å². The normalized spacial score (nSPS) is 24.4. The fourth-order valence-corrected chi connectivity index (χ4v) is 1.91. The van der Waals surface area contributed by atoms with E-state index in [9.17, 15) is 13.2 Å². The first-order valence-electron chi connectivity index (χ1n) is 5.58. The summed E-state index contributed by atoms with van der Waals surface area (Å²) in [6, 6.07) is 0.280. The standard InChI is InChI=1S/C10H20F3N3/c1-8(14)9(2)16-5-3-15(4-6-16)7-10(11,12)13/h8-9H,3-7,14H2,1-2H3. The molecule has 1 fully saturated rings. The number of hydrogen-bond donors (Lipinski definition) is 1. The summed E-state index contributed by atoms with van der Waals surface area (Å²) in [5.41, 5.74) is 5.77. The molecule has 0 radical (unpaired) electrons. The second kappa shape index (κ2) is 5.33. The van der Waals surface area contributed by atoms with Gasteiger partial charge < -0.3 is 5.73 Å².